The third-order valence-electron chi connectivity index (χ3n) is 5.99. The van der Waals surface area contributed by atoms with Gasteiger partial charge in [-0.25, -0.2) is 8.42 Å². The van der Waals surface area contributed by atoms with Crippen molar-refractivity contribution in [2.45, 2.75) is 37.8 Å². The summed E-state index contributed by atoms with van der Waals surface area (Å²) in [6, 6.07) is 12.1. The minimum Gasteiger partial charge on any atom is -0.493 e. The first-order valence-electron chi connectivity index (χ1n) is 11.1. The molecule has 0 radical (unpaired) electrons. The molecule has 2 aromatic rings. The van der Waals surface area contributed by atoms with Crippen molar-refractivity contribution >= 4 is 15.9 Å². The number of nitrogens with zero attached hydrogens (tertiary/aromatic N) is 2. The normalized spacial score (nSPS) is 16.6. The lowest BCUT2D eigenvalue weighted by Gasteiger charge is -2.27. The van der Waals surface area contributed by atoms with Crippen molar-refractivity contribution in [3.63, 3.8) is 0 Å². The first kappa shape index (κ1) is 25.0. The van der Waals surface area contributed by atoms with E-state index in [1.165, 1.54) is 4.31 Å². The smallest absolute Gasteiger partial charge is 0.243 e. The van der Waals surface area contributed by atoms with E-state index >= 15 is 0 Å². The number of nitrogens with one attached hydrogen (secondary N) is 1. The first-order valence-corrected chi connectivity index (χ1v) is 12.5. The van der Waals surface area contributed by atoms with E-state index in [4.69, 9.17) is 9.47 Å². The van der Waals surface area contributed by atoms with E-state index in [0.717, 1.165) is 11.1 Å². The van der Waals surface area contributed by atoms with E-state index in [1.54, 1.807) is 26.4 Å². The van der Waals surface area contributed by atoms with Crippen molar-refractivity contribution in [2.24, 2.45) is 0 Å². The van der Waals surface area contributed by atoms with E-state index in [0.29, 0.717) is 55.5 Å². The maximum absolute atomic E-state index is 13.0. The summed E-state index contributed by atoms with van der Waals surface area (Å²) < 4.78 is 38.1. The lowest BCUT2D eigenvalue weighted by molar-refractivity contribution is -0.126. The van der Waals surface area contributed by atoms with Crippen LogP contribution in [0, 0.1) is 6.92 Å². The zero-order valence-corrected chi connectivity index (χ0v) is 20.5. The third-order valence-corrected chi connectivity index (χ3v) is 7.90. The summed E-state index contributed by atoms with van der Waals surface area (Å²) >= 11 is 0. The van der Waals surface area contributed by atoms with Gasteiger partial charge in [-0.05, 0) is 50.1 Å². The minimum atomic E-state index is -3.55. The molecule has 0 bridgehead atoms. The molecule has 2 aromatic carbocycles. The number of ether oxygens (including phenoxy) is 2. The number of carbonyl (C=O) groups excluding carboxylic acids is 1. The topological polar surface area (TPSA) is 88.2 Å². The molecular weight excluding hydrogens is 442 g/mol. The van der Waals surface area contributed by atoms with Crippen LogP contribution in [0.5, 0.6) is 11.5 Å². The molecule has 1 heterocycles. The highest BCUT2D eigenvalue weighted by Crippen LogP contribution is 2.27. The maximum atomic E-state index is 13.0. The van der Waals surface area contributed by atoms with E-state index in [1.807, 2.05) is 49.1 Å². The Balaban J connectivity index is 1.58. The van der Waals surface area contributed by atoms with Crippen LogP contribution in [0.1, 0.15) is 24.5 Å². The van der Waals surface area contributed by atoms with Crippen LogP contribution in [0.4, 0.5) is 0 Å². The van der Waals surface area contributed by atoms with Crippen molar-refractivity contribution in [3.8, 4) is 11.5 Å². The van der Waals surface area contributed by atoms with Crippen LogP contribution < -0.4 is 14.8 Å². The average molecular weight is 476 g/mol. The van der Waals surface area contributed by atoms with Gasteiger partial charge in [-0.3, -0.25) is 9.69 Å². The number of hydrogen-bond donors (Lipinski definition) is 1. The fraction of sp³-hybridized carbons (Fsp3) is 0.458. The lowest BCUT2D eigenvalue weighted by atomic mass is 10.2. The molecule has 1 amide bonds. The highest BCUT2D eigenvalue weighted by molar-refractivity contribution is 7.89. The van der Waals surface area contributed by atoms with Gasteiger partial charge in [-0.1, -0.05) is 23.8 Å². The quantitative estimate of drug-likeness (QED) is 0.631. The summed E-state index contributed by atoms with van der Waals surface area (Å²) in [6.07, 6.45) is 0.665. The molecule has 0 saturated carbocycles. The van der Waals surface area contributed by atoms with Gasteiger partial charge in [0.15, 0.2) is 11.5 Å². The molecule has 1 N–H and O–H groups in total. The molecule has 8 nitrogen and oxygen atoms in total. The Hall–Kier alpha value is -2.62. The second kappa shape index (κ2) is 11.0. The van der Waals surface area contributed by atoms with Crippen LogP contribution in [0.15, 0.2) is 47.4 Å². The van der Waals surface area contributed by atoms with Gasteiger partial charge >= 0.3 is 0 Å². The molecule has 1 atom stereocenters. The summed E-state index contributed by atoms with van der Waals surface area (Å²) in [6.45, 7) is 6.09. The van der Waals surface area contributed by atoms with E-state index < -0.39 is 10.0 Å². The molecule has 1 fully saturated rings. The van der Waals surface area contributed by atoms with Gasteiger partial charge in [-0.15, -0.1) is 0 Å². The number of amides is 1. The lowest BCUT2D eigenvalue weighted by Crippen LogP contribution is -2.46. The summed E-state index contributed by atoms with van der Waals surface area (Å²) in [7, 11) is -0.394. The van der Waals surface area contributed by atoms with Crippen molar-refractivity contribution in [2.75, 3.05) is 40.4 Å². The van der Waals surface area contributed by atoms with Crippen molar-refractivity contribution < 1.29 is 22.7 Å². The van der Waals surface area contributed by atoms with Gasteiger partial charge < -0.3 is 14.8 Å². The van der Waals surface area contributed by atoms with Gasteiger partial charge in [0, 0.05) is 32.7 Å². The standard InChI is InChI=1S/C24H33N3O5S/c1-18-6-9-21(10-7-18)33(29,30)27-13-5-12-26(14-15-27)19(2)24(28)25-17-20-8-11-22(31-3)23(16-20)32-4/h6-11,16,19H,5,12-15,17H2,1-4H3,(H,25,28)/t19-/m0/s1. The molecule has 1 aliphatic heterocycles. The number of aryl methyl sites for hydroxylation is 1. The SMILES string of the molecule is COc1ccc(CNC(=O)[C@H](C)N2CCCN(S(=O)(=O)c3ccc(C)cc3)CC2)cc1OC. The predicted octanol–water partition coefficient (Wildman–Crippen LogP) is 2.41. The summed E-state index contributed by atoms with van der Waals surface area (Å²) in [4.78, 5) is 15.1. The Bertz CT molecular complexity index is 1060. The highest BCUT2D eigenvalue weighted by atomic mass is 32.2. The molecule has 33 heavy (non-hydrogen) atoms. The fourth-order valence-corrected chi connectivity index (χ4v) is 5.36. The molecule has 0 aliphatic carbocycles. The number of sulfonamides is 1. The largest absolute Gasteiger partial charge is 0.493 e. The monoisotopic (exact) mass is 475 g/mol. The van der Waals surface area contributed by atoms with Gasteiger partial charge in [0.05, 0.1) is 25.2 Å². The number of carbonyl (C=O) groups is 1. The Labute approximate surface area is 196 Å². The minimum absolute atomic E-state index is 0.0976. The Kier molecular flexibility index (Phi) is 8.34. The number of hydrogen-bond acceptors (Lipinski definition) is 6. The van der Waals surface area contributed by atoms with Crippen LogP contribution in [0.25, 0.3) is 0 Å². The van der Waals surface area contributed by atoms with Gasteiger partial charge in [-0.2, -0.15) is 4.31 Å². The number of rotatable bonds is 8. The van der Waals surface area contributed by atoms with Crippen molar-refractivity contribution in [1.29, 1.82) is 0 Å². The second-order valence-corrected chi connectivity index (χ2v) is 10.1. The average Bonchev–Trinajstić information content (AvgIpc) is 3.09. The maximum Gasteiger partial charge on any atom is 0.243 e. The van der Waals surface area contributed by atoms with Gasteiger partial charge in [0.25, 0.3) is 0 Å². The Morgan fingerprint density at radius 3 is 2.36 bits per heavy atom. The third kappa shape index (κ3) is 6.04. The van der Waals surface area contributed by atoms with Crippen molar-refractivity contribution in [3.05, 3.63) is 53.6 Å². The molecule has 0 unspecified atom stereocenters. The van der Waals surface area contributed by atoms with Crippen molar-refractivity contribution in [1.82, 2.24) is 14.5 Å². The highest BCUT2D eigenvalue weighted by Gasteiger charge is 2.29. The predicted molar refractivity (Wildman–Crippen MR) is 127 cm³/mol. The molecule has 1 saturated heterocycles. The zero-order valence-electron chi connectivity index (χ0n) is 19.7. The molecule has 3 rings (SSSR count). The Morgan fingerprint density at radius 1 is 1.00 bits per heavy atom. The summed E-state index contributed by atoms with van der Waals surface area (Å²) in [5.74, 6) is 1.15. The molecule has 0 spiro atoms. The summed E-state index contributed by atoms with van der Waals surface area (Å²) in [5, 5.41) is 2.97. The summed E-state index contributed by atoms with van der Waals surface area (Å²) in [5.41, 5.74) is 1.92. The zero-order chi connectivity index (χ0) is 24.0. The molecule has 180 valence electrons. The van der Waals surface area contributed by atoms with E-state index in [2.05, 4.69) is 5.32 Å². The van der Waals surface area contributed by atoms with Crippen LogP contribution in [0.3, 0.4) is 0 Å². The van der Waals surface area contributed by atoms with Crippen LogP contribution in [-0.4, -0.2) is 70.0 Å². The van der Waals surface area contributed by atoms with Crippen LogP contribution in [0.2, 0.25) is 0 Å². The number of methoxy groups -OCH3 is 2. The molecule has 1 aliphatic rings. The first-order chi connectivity index (χ1) is 15.8. The van der Waals surface area contributed by atoms with Crippen LogP contribution >= 0.6 is 0 Å². The molecule has 0 aromatic heterocycles. The van der Waals surface area contributed by atoms with Gasteiger partial charge in [0.1, 0.15) is 0 Å². The number of benzene rings is 2. The van der Waals surface area contributed by atoms with E-state index in [-0.39, 0.29) is 11.9 Å². The fourth-order valence-electron chi connectivity index (χ4n) is 3.89. The van der Waals surface area contributed by atoms with Gasteiger partial charge in [0.2, 0.25) is 15.9 Å². The molecule has 9 heteroatoms. The van der Waals surface area contributed by atoms with E-state index in [9.17, 15) is 13.2 Å². The molecular formula is C24H33N3O5S. The van der Waals surface area contributed by atoms with Crippen LogP contribution in [-0.2, 0) is 21.4 Å². The second-order valence-electron chi connectivity index (χ2n) is 8.19. The Morgan fingerprint density at radius 2 is 1.70 bits per heavy atom.